The molecule has 1 aromatic carbocycles. The predicted octanol–water partition coefficient (Wildman–Crippen LogP) is 0.335. The van der Waals surface area contributed by atoms with E-state index in [2.05, 4.69) is 4.74 Å². The Morgan fingerprint density at radius 3 is 2.30 bits per heavy atom. The fraction of sp³-hybridized carbons (Fsp3) is 0.333. The quantitative estimate of drug-likeness (QED) is 0.722. The lowest BCUT2D eigenvalue weighted by Gasteiger charge is -2.17. The number of amides is 1. The second kappa shape index (κ2) is 5.83. The van der Waals surface area contributed by atoms with E-state index >= 15 is 0 Å². The summed E-state index contributed by atoms with van der Waals surface area (Å²) < 4.78 is 32.4. The summed E-state index contributed by atoms with van der Waals surface area (Å²) >= 11 is 0. The molecule has 0 saturated carbocycles. The number of hydrogen-bond donors (Lipinski definition) is 3. The maximum atomic E-state index is 14.0. The van der Waals surface area contributed by atoms with Crippen molar-refractivity contribution in [2.45, 2.75) is 19.4 Å². The second-order valence-corrected chi connectivity index (χ2v) is 4.15. The molecule has 0 heterocycles. The van der Waals surface area contributed by atoms with Crippen molar-refractivity contribution in [2.75, 3.05) is 7.11 Å². The number of hydrogen-bond acceptors (Lipinski definition) is 4. The summed E-state index contributed by atoms with van der Waals surface area (Å²) in [5, 5.41) is 8.72. The summed E-state index contributed by atoms with van der Waals surface area (Å²) in [5.74, 6) is -5.59. The van der Waals surface area contributed by atoms with Crippen LogP contribution in [0.2, 0.25) is 0 Å². The van der Waals surface area contributed by atoms with Gasteiger partial charge in [0, 0.05) is 17.5 Å². The molecule has 0 fully saturated rings. The number of halogens is 2. The van der Waals surface area contributed by atoms with Gasteiger partial charge in [0.05, 0.1) is 12.7 Å². The van der Waals surface area contributed by atoms with Crippen molar-refractivity contribution in [3.05, 3.63) is 28.3 Å². The van der Waals surface area contributed by atoms with Gasteiger partial charge in [-0.15, -0.1) is 0 Å². The molecule has 0 aliphatic carbocycles. The standard InChI is InChI=1S/C12H14F2N2O4/c1-4-7(11(16)17)5(3-6(15)12(18)19)8(13)9(14)10(4)20-2/h6H,3,15H2,1-2H3,(H2,16,17)(H,18,19). The first-order valence-corrected chi connectivity index (χ1v) is 5.54. The van der Waals surface area contributed by atoms with E-state index in [1.54, 1.807) is 0 Å². The van der Waals surface area contributed by atoms with Crippen LogP contribution in [0.25, 0.3) is 0 Å². The number of carbonyl (C=O) groups excluding carboxylic acids is 1. The molecule has 1 aromatic rings. The second-order valence-electron chi connectivity index (χ2n) is 4.15. The van der Waals surface area contributed by atoms with Crippen molar-refractivity contribution in [1.29, 1.82) is 0 Å². The number of carboxylic acids is 1. The van der Waals surface area contributed by atoms with Crippen LogP contribution in [0.1, 0.15) is 21.5 Å². The fourth-order valence-corrected chi connectivity index (χ4v) is 1.92. The van der Waals surface area contributed by atoms with Gasteiger partial charge in [-0.2, -0.15) is 4.39 Å². The van der Waals surface area contributed by atoms with E-state index < -0.39 is 47.3 Å². The van der Waals surface area contributed by atoms with Crippen molar-refractivity contribution >= 4 is 11.9 Å². The Balaban J connectivity index is 3.57. The number of aliphatic carboxylic acids is 1. The third kappa shape index (κ3) is 2.69. The highest BCUT2D eigenvalue weighted by Crippen LogP contribution is 2.31. The van der Waals surface area contributed by atoms with Crippen molar-refractivity contribution in [1.82, 2.24) is 0 Å². The lowest BCUT2D eigenvalue weighted by Crippen LogP contribution is -2.34. The number of rotatable bonds is 5. The fourth-order valence-electron chi connectivity index (χ4n) is 1.92. The average molecular weight is 288 g/mol. The van der Waals surface area contributed by atoms with Crippen molar-refractivity contribution in [3.8, 4) is 5.75 Å². The zero-order valence-electron chi connectivity index (χ0n) is 10.9. The van der Waals surface area contributed by atoms with Gasteiger partial charge in [0.25, 0.3) is 0 Å². The Bertz CT molecular complexity index is 575. The Hall–Kier alpha value is -2.22. The van der Waals surface area contributed by atoms with Gasteiger partial charge in [-0.3, -0.25) is 9.59 Å². The first-order valence-electron chi connectivity index (χ1n) is 5.54. The van der Waals surface area contributed by atoms with E-state index in [1.165, 1.54) is 6.92 Å². The zero-order valence-corrected chi connectivity index (χ0v) is 10.9. The van der Waals surface area contributed by atoms with E-state index in [0.717, 1.165) is 7.11 Å². The van der Waals surface area contributed by atoms with Crippen LogP contribution in [0, 0.1) is 18.6 Å². The number of benzene rings is 1. The van der Waals surface area contributed by atoms with Crippen molar-refractivity contribution in [3.63, 3.8) is 0 Å². The molecule has 0 spiro atoms. The minimum absolute atomic E-state index is 0.00788. The highest BCUT2D eigenvalue weighted by molar-refractivity contribution is 5.97. The topological polar surface area (TPSA) is 116 Å². The molecule has 5 N–H and O–H groups in total. The van der Waals surface area contributed by atoms with Gasteiger partial charge in [-0.05, 0) is 6.92 Å². The third-order valence-electron chi connectivity index (χ3n) is 2.87. The molecular formula is C12H14F2N2O4. The molecule has 0 saturated heterocycles. The van der Waals surface area contributed by atoms with Crippen molar-refractivity contribution in [2.24, 2.45) is 11.5 Å². The Labute approximate surface area is 113 Å². The molecule has 0 radical (unpaired) electrons. The van der Waals surface area contributed by atoms with Crippen molar-refractivity contribution < 1.29 is 28.2 Å². The monoisotopic (exact) mass is 288 g/mol. The minimum atomic E-state index is -1.49. The normalized spacial score (nSPS) is 12.1. The lowest BCUT2D eigenvalue weighted by molar-refractivity contribution is -0.138. The van der Waals surface area contributed by atoms with Gasteiger partial charge in [-0.25, -0.2) is 4.39 Å². The van der Waals surface area contributed by atoms with E-state index in [4.69, 9.17) is 16.6 Å². The summed E-state index contributed by atoms with van der Waals surface area (Å²) in [7, 11) is 1.11. The number of ether oxygens (including phenoxy) is 1. The molecule has 1 unspecified atom stereocenters. The predicted molar refractivity (Wildman–Crippen MR) is 65.5 cm³/mol. The molecule has 1 atom stereocenters. The van der Waals surface area contributed by atoms with Gasteiger partial charge < -0.3 is 21.3 Å². The lowest BCUT2D eigenvalue weighted by atomic mass is 9.94. The molecule has 0 bridgehead atoms. The van der Waals surface area contributed by atoms with Crippen LogP contribution in [0.4, 0.5) is 8.78 Å². The van der Waals surface area contributed by atoms with Gasteiger partial charge >= 0.3 is 5.97 Å². The summed E-state index contributed by atoms with van der Waals surface area (Å²) in [6.45, 7) is 1.32. The van der Waals surface area contributed by atoms with E-state index in [1.807, 2.05) is 0 Å². The molecule has 8 heteroatoms. The highest BCUT2D eigenvalue weighted by Gasteiger charge is 2.28. The molecular weight excluding hydrogens is 274 g/mol. The highest BCUT2D eigenvalue weighted by atomic mass is 19.2. The SMILES string of the molecule is COc1c(C)c(C(N)=O)c(CC(N)C(=O)O)c(F)c1F. The molecule has 110 valence electrons. The van der Waals surface area contributed by atoms with Crippen LogP contribution in [0.3, 0.4) is 0 Å². The van der Waals surface area contributed by atoms with Crippen LogP contribution in [-0.2, 0) is 11.2 Å². The largest absolute Gasteiger partial charge is 0.493 e. The average Bonchev–Trinajstić information content (AvgIpc) is 2.35. The third-order valence-corrected chi connectivity index (χ3v) is 2.87. The molecule has 1 amide bonds. The maximum Gasteiger partial charge on any atom is 0.320 e. The molecule has 0 aliphatic heterocycles. The Morgan fingerprint density at radius 2 is 1.90 bits per heavy atom. The number of carbonyl (C=O) groups is 2. The molecule has 0 aliphatic rings. The van der Waals surface area contributed by atoms with Crippen LogP contribution >= 0.6 is 0 Å². The summed E-state index contributed by atoms with van der Waals surface area (Å²) in [6, 6.07) is -1.49. The molecule has 1 rings (SSSR count). The van der Waals surface area contributed by atoms with Crippen LogP contribution in [-0.4, -0.2) is 30.1 Å². The Morgan fingerprint density at radius 1 is 1.35 bits per heavy atom. The number of carboxylic acid groups (broad SMARTS) is 1. The zero-order chi connectivity index (χ0) is 15.6. The first kappa shape index (κ1) is 15.8. The van der Waals surface area contributed by atoms with E-state index in [9.17, 15) is 18.4 Å². The van der Waals surface area contributed by atoms with Crippen LogP contribution < -0.4 is 16.2 Å². The van der Waals surface area contributed by atoms with Crippen LogP contribution in [0.15, 0.2) is 0 Å². The van der Waals surface area contributed by atoms with Gasteiger partial charge in [0.15, 0.2) is 11.6 Å². The van der Waals surface area contributed by atoms with Gasteiger partial charge in [0.1, 0.15) is 6.04 Å². The summed E-state index contributed by atoms with van der Waals surface area (Å²) in [5.41, 5.74) is 9.62. The smallest absolute Gasteiger partial charge is 0.320 e. The summed E-state index contributed by atoms with van der Waals surface area (Å²) in [4.78, 5) is 22.1. The number of nitrogens with two attached hydrogens (primary N) is 2. The van der Waals surface area contributed by atoms with Gasteiger partial charge in [-0.1, -0.05) is 0 Å². The van der Waals surface area contributed by atoms with E-state index in [0.29, 0.717) is 0 Å². The molecule has 6 nitrogen and oxygen atoms in total. The molecule has 20 heavy (non-hydrogen) atoms. The minimum Gasteiger partial charge on any atom is -0.493 e. The van der Waals surface area contributed by atoms with Gasteiger partial charge in [0.2, 0.25) is 11.7 Å². The Kier molecular flexibility index (Phi) is 4.61. The molecule has 0 aromatic heterocycles. The van der Waals surface area contributed by atoms with Crippen LogP contribution in [0.5, 0.6) is 5.75 Å². The maximum absolute atomic E-state index is 14.0. The summed E-state index contributed by atoms with van der Waals surface area (Å²) in [6.07, 6.45) is -0.568. The number of primary amides is 1. The first-order chi connectivity index (χ1) is 9.22. The van der Waals surface area contributed by atoms with E-state index in [-0.39, 0.29) is 11.1 Å². The number of methoxy groups -OCH3 is 1.